The van der Waals surface area contributed by atoms with Crippen LogP contribution in [0.25, 0.3) is 0 Å². The molecular weight excluding hydrogens is 252 g/mol. The lowest BCUT2D eigenvalue weighted by Gasteiger charge is -2.24. The molecule has 20 heavy (non-hydrogen) atoms. The summed E-state index contributed by atoms with van der Waals surface area (Å²) in [6.45, 7) is 7.13. The van der Waals surface area contributed by atoms with Crippen molar-refractivity contribution in [2.24, 2.45) is 0 Å². The van der Waals surface area contributed by atoms with Crippen LogP contribution < -0.4 is 15.4 Å². The average Bonchev–Trinajstić information content (AvgIpc) is 2.44. The van der Waals surface area contributed by atoms with E-state index in [1.54, 1.807) is 0 Å². The highest BCUT2D eigenvalue weighted by Crippen LogP contribution is 2.26. The lowest BCUT2D eigenvalue weighted by atomic mass is 10.0. The van der Waals surface area contributed by atoms with E-state index in [9.17, 15) is 4.79 Å². The van der Waals surface area contributed by atoms with E-state index >= 15 is 0 Å². The Kier molecular flexibility index (Phi) is 4.53. The SMILES string of the molecule is CCC(C)(C)NC(=O)COc1ccc2c(c1)NCCC2. The number of rotatable bonds is 5. The number of ether oxygens (including phenoxy) is 1. The van der Waals surface area contributed by atoms with E-state index in [1.165, 1.54) is 12.0 Å². The molecule has 1 heterocycles. The quantitative estimate of drug-likeness (QED) is 0.869. The monoisotopic (exact) mass is 276 g/mol. The summed E-state index contributed by atoms with van der Waals surface area (Å²) in [7, 11) is 0. The number of fused-ring (bicyclic) bond motifs is 1. The van der Waals surface area contributed by atoms with Gasteiger partial charge >= 0.3 is 0 Å². The summed E-state index contributed by atoms with van der Waals surface area (Å²) in [4.78, 5) is 11.8. The molecule has 1 aliphatic rings. The largest absolute Gasteiger partial charge is 0.484 e. The predicted molar refractivity (Wildman–Crippen MR) is 81.3 cm³/mol. The number of benzene rings is 1. The highest BCUT2D eigenvalue weighted by Gasteiger charge is 2.18. The fraction of sp³-hybridized carbons (Fsp3) is 0.562. The smallest absolute Gasteiger partial charge is 0.258 e. The molecule has 0 unspecified atom stereocenters. The molecule has 1 aromatic rings. The van der Waals surface area contributed by atoms with E-state index < -0.39 is 0 Å². The standard InChI is InChI=1S/C16H24N2O2/c1-4-16(2,3)18-15(19)11-20-13-8-7-12-6-5-9-17-14(12)10-13/h7-8,10,17H,4-6,9,11H2,1-3H3,(H,18,19). The zero-order valence-electron chi connectivity index (χ0n) is 12.6. The summed E-state index contributed by atoms with van der Waals surface area (Å²) in [5, 5.41) is 6.32. The summed E-state index contributed by atoms with van der Waals surface area (Å²) >= 11 is 0. The van der Waals surface area contributed by atoms with Crippen molar-refractivity contribution in [3.8, 4) is 5.75 Å². The van der Waals surface area contributed by atoms with Crippen molar-refractivity contribution < 1.29 is 9.53 Å². The number of amides is 1. The Labute approximate surface area is 120 Å². The number of carbonyl (C=O) groups is 1. The summed E-state index contributed by atoms with van der Waals surface area (Å²) < 4.78 is 5.57. The molecular formula is C16H24N2O2. The minimum Gasteiger partial charge on any atom is -0.484 e. The van der Waals surface area contributed by atoms with Gasteiger partial charge in [0, 0.05) is 23.8 Å². The van der Waals surface area contributed by atoms with Gasteiger partial charge in [0.05, 0.1) is 0 Å². The Hall–Kier alpha value is -1.71. The maximum Gasteiger partial charge on any atom is 0.258 e. The van der Waals surface area contributed by atoms with Gasteiger partial charge in [-0.05, 0) is 44.7 Å². The Morgan fingerprint density at radius 2 is 2.25 bits per heavy atom. The van der Waals surface area contributed by atoms with Crippen molar-refractivity contribution in [1.82, 2.24) is 5.32 Å². The molecule has 0 radical (unpaired) electrons. The van der Waals surface area contributed by atoms with Crippen molar-refractivity contribution in [2.45, 2.75) is 45.6 Å². The fourth-order valence-electron chi connectivity index (χ4n) is 2.18. The second-order valence-electron chi connectivity index (χ2n) is 5.92. The minimum absolute atomic E-state index is 0.0578. The van der Waals surface area contributed by atoms with E-state index in [-0.39, 0.29) is 18.1 Å². The van der Waals surface area contributed by atoms with Crippen LogP contribution >= 0.6 is 0 Å². The maximum absolute atomic E-state index is 11.8. The Bertz CT molecular complexity index is 483. The molecule has 4 heteroatoms. The third kappa shape index (κ3) is 3.89. The number of hydrogen-bond acceptors (Lipinski definition) is 3. The van der Waals surface area contributed by atoms with Crippen LogP contribution in [0, 0.1) is 0 Å². The molecule has 1 aliphatic heterocycles. The first-order chi connectivity index (χ1) is 9.50. The van der Waals surface area contributed by atoms with Crippen molar-refractivity contribution in [3.05, 3.63) is 23.8 Å². The van der Waals surface area contributed by atoms with E-state index in [1.807, 2.05) is 26.0 Å². The van der Waals surface area contributed by atoms with Gasteiger partial charge in [-0.2, -0.15) is 0 Å². The van der Waals surface area contributed by atoms with Gasteiger partial charge < -0.3 is 15.4 Å². The molecule has 0 bridgehead atoms. The predicted octanol–water partition coefficient (Wildman–Crippen LogP) is 2.73. The number of anilines is 1. The van der Waals surface area contributed by atoms with Crippen LogP contribution in [-0.4, -0.2) is 24.6 Å². The van der Waals surface area contributed by atoms with Gasteiger partial charge in [0.15, 0.2) is 6.61 Å². The molecule has 0 atom stereocenters. The number of hydrogen-bond donors (Lipinski definition) is 2. The first-order valence-electron chi connectivity index (χ1n) is 7.31. The Morgan fingerprint density at radius 3 is 3.00 bits per heavy atom. The molecule has 1 aromatic carbocycles. The first kappa shape index (κ1) is 14.7. The van der Waals surface area contributed by atoms with Gasteiger partial charge in [0.1, 0.15) is 5.75 Å². The molecule has 0 aliphatic carbocycles. The van der Waals surface area contributed by atoms with Crippen molar-refractivity contribution in [2.75, 3.05) is 18.5 Å². The highest BCUT2D eigenvalue weighted by molar-refractivity contribution is 5.78. The lowest BCUT2D eigenvalue weighted by Crippen LogP contribution is -2.44. The zero-order valence-corrected chi connectivity index (χ0v) is 12.6. The minimum atomic E-state index is -0.183. The van der Waals surface area contributed by atoms with Gasteiger partial charge in [-0.3, -0.25) is 4.79 Å². The molecule has 0 fully saturated rings. The molecule has 0 aromatic heterocycles. The van der Waals surface area contributed by atoms with Crippen LogP contribution in [0.2, 0.25) is 0 Å². The zero-order chi connectivity index (χ0) is 14.6. The Balaban J connectivity index is 1.89. The number of nitrogens with one attached hydrogen (secondary N) is 2. The highest BCUT2D eigenvalue weighted by atomic mass is 16.5. The lowest BCUT2D eigenvalue weighted by molar-refractivity contribution is -0.124. The average molecular weight is 276 g/mol. The van der Waals surface area contributed by atoms with Gasteiger partial charge in [-0.15, -0.1) is 0 Å². The Morgan fingerprint density at radius 1 is 1.45 bits per heavy atom. The number of aryl methyl sites for hydroxylation is 1. The van der Waals surface area contributed by atoms with Crippen molar-refractivity contribution in [1.29, 1.82) is 0 Å². The van der Waals surface area contributed by atoms with E-state index in [2.05, 4.69) is 23.6 Å². The van der Waals surface area contributed by atoms with Gasteiger partial charge in [-0.1, -0.05) is 13.0 Å². The molecule has 0 saturated heterocycles. The number of carbonyl (C=O) groups excluding carboxylic acids is 1. The van der Waals surface area contributed by atoms with Gasteiger partial charge in [0.25, 0.3) is 5.91 Å². The molecule has 4 nitrogen and oxygen atoms in total. The van der Waals surface area contributed by atoms with Crippen LogP contribution in [-0.2, 0) is 11.2 Å². The summed E-state index contributed by atoms with van der Waals surface area (Å²) in [5.41, 5.74) is 2.26. The maximum atomic E-state index is 11.8. The third-order valence-corrected chi connectivity index (χ3v) is 3.75. The molecule has 2 rings (SSSR count). The summed E-state index contributed by atoms with van der Waals surface area (Å²) in [6.07, 6.45) is 3.16. The first-order valence-corrected chi connectivity index (χ1v) is 7.31. The summed E-state index contributed by atoms with van der Waals surface area (Å²) in [5.74, 6) is 0.658. The second-order valence-corrected chi connectivity index (χ2v) is 5.92. The van der Waals surface area contributed by atoms with Gasteiger partial charge in [-0.25, -0.2) is 0 Å². The van der Waals surface area contributed by atoms with Crippen LogP contribution in [0.1, 0.15) is 39.2 Å². The molecule has 0 saturated carbocycles. The van der Waals surface area contributed by atoms with E-state index in [0.29, 0.717) is 0 Å². The van der Waals surface area contributed by atoms with Crippen LogP contribution in [0.15, 0.2) is 18.2 Å². The van der Waals surface area contributed by atoms with E-state index in [4.69, 9.17) is 4.74 Å². The topological polar surface area (TPSA) is 50.4 Å². The van der Waals surface area contributed by atoms with Crippen LogP contribution in [0.3, 0.4) is 0 Å². The molecule has 110 valence electrons. The van der Waals surface area contributed by atoms with Gasteiger partial charge in [0.2, 0.25) is 0 Å². The van der Waals surface area contributed by atoms with Crippen LogP contribution in [0.4, 0.5) is 5.69 Å². The van der Waals surface area contributed by atoms with Crippen molar-refractivity contribution in [3.63, 3.8) is 0 Å². The molecule has 0 spiro atoms. The second kappa shape index (κ2) is 6.16. The normalized spacial score (nSPS) is 14.2. The molecule has 2 N–H and O–H groups in total. The van der Waals surface area contributed by atoms with Crippen molar-refractivity contribution >= 4 is 11.6 Å². The molecule has 1 amide bonds. The van der Waals surface area contributed by atoms with Crippen LogP contribution in [0.5, 0.6) is 5.75 Å². The van der Waals surface area contributed by atoms with E-state index in [0.717, 1.165) is 30.8 Å². The third-order valence-electron chi connectivity index (χ3n) is 3.75. The summed E-state index contributed by atoms with van der Waals surface area (Å²) in [6, 6.07) is 5.99. The fourth-order valence-corrected chi connectivity index (χ4v) is 2.18.